The number of benzene rings is 2. The molecule has 0 unspecified atom stereocenters. The summed E-state index contributed by atoms with van der Waals surface area (Å²) in [4.78, 5) is 22.3. The number of aromatic nitrogens is 3. The van der Waals surface area contributed by atoms with Gasteiger partial charge in [0.1, 0.15) is 5.76 Å². The molecule has 1 saturated heterocycles. The Morgan fingerprint density at radius 1 is 0.973 bits per heavy atom. The van der Waals surface area contributed by atoms with Crippen LogP contribution in [0.15, 0.2) is 59.0 Å². The van der Waals surface area contributed by atoms with Crippen LogP contribution in [0.4, 0.5) is 5.69 Å². The summed E-state index contributed by atoms with van der Waals surface area (Å²) in [6.45, 7) is 11.1. The van der Waals surface area contributed by atoms with Crippen molar-refractivity contribution >= 4 is 11.6 Å². The van der Waals surface area contributed by atoms with Crippen molar-refractivity contribution in [1.29, 1.82) is 0 Å². The lowest BCUT2D eigenvalue weighted by Crippen LogP contribution is -2.46. The summed E-state index contributed by atoms with van der Waals surface area (Å²) in [5.41, 5.74) is 6.75. The lowest BCUT2D eigenvalue weighted by atomic mass is 10.1. The van der Waals surface area contributed by atoms with Crippen LogP contribution in [0.2, 0.25) is 0 Å². The van der Waals surface area contributed by atoms with Crippen molar-refractivity contribution in [3.8, 4) is 11.5 Å². The molecule has 8 heteroatoms. The van der Waals surface area contributed by atoms with E-state index in [2.05, 4.69) is 50.5 Å². The maximum Gasteiger partial charge on any atom is 0.251 e. The van der Waals surface area contributed by atoms with Crippen LogP contribution in [0.5, 0.6) is 0 Å². The van der Waals surface area contributed by atoms with Gasteiger partial charge in [-0.1, -0.05) is 18.2 Å². The van der Waals surface area contributed by atoms with Crippen LogP contribution in [0, 0.1) is 20.8 Å². The zero-order chi connectivity index (χ0) is 25.9. The SMILES string of the molecule is Cc1nn(C)c(C)c1CNC(=O)c1ccc(-c2nc(CN3CCN(c4ccccc4)CC3)c(C)o2)cc1. The van der Waals surface area contributed by atoms with Crippen molar-refractivity contribution < 1.29 is 9.21 Å². The highest BCUT2D eigenvalue weighted by molar-refractivity contribution is 5.94. The van der Waals surface area contributed by atoms with Gasteiger partial charge in [0.15, 0.2) is 0 Å². The fraction of sp³-hybridized carbons (Fsp3) is 0.345. The fourth-order valence-corrected chi connectivity index (χ4v) is 4.82. The summed E-state index contributed by atoms with van der Waals surface area (Å²) < 4.78 is 7.85. The van der Waals surface area contributed by atoms with Crippen LogP contribution in [-0.4, -0.2) is 51.8 Å². The Balaban J connectivity index is 1.18. The number of oxazole rings is 1. The predicted molar refractivity (Wildman–Crippen MR) is 144 cm³/mol. The maximum absolute atomic E-state index is 12.7. The second-order valence-corrected chi connectivity index (χ2v) is 9.65. The van der Waals surface area contributed by atoms with Crippen molar-refractivity contribution in [2.45, 2.75) is 33.9 Å². The molecule has 1 fully saturated rings. The van der Waals surface area contributed by atoms with E-state index in [0.29, 0.717) is 18.0 Å². The Hall–Kier alpha value is -3.91. The average Bonchev–Trinajstić information content (AvgIpc) is 3.40. The standard InChI is InChI=1S/C29H34N6O2/c1-20-26(21(2)33(4)32-20)18-30-28(36)23-10-12-24(13-11-23)29-31-27(22(3)37-29)19-34-14-16-35(17-15-34)25-8-6-5-7-9-25/h5-13H,14-19H2,1-4H3,(H,30,36). The number of rotatable bonds is 7. The van der Waals surface area contributed by atoms with E-state index >= 15 is 0 Å². The molecule has 0 aliphatic carbocycles. The van der Waals surface area contributed by atoms with Crippen LogP contribution >= 0.6 is 0 Å². The van der Waals surface area contributed by atoms with Gasteiger partial charge in [-0.2, -0.15) is 5.10 Å². The minimum Gasteiger partial charge on any atom is -0.441 e. The van der Waals surface area contributed by atoms with E-state index in [1.165, 1.54) is 5.69 Å². The number of nitrogens with one attached hydrogen (secondary N) is 1. The molecule has 37 heavy (non-hydrogen) atoms. The molecule has 8 nitrogen and oxygen atoms in total. The zero-order valence-corrected chi connectivity index (χ0v) is 22.0. The molecule has 0 saturated carbocycles. The van der Waals surface area contributed by atoms with Crippen LogP contribution in [0.1, 0.15) is 38.8 Å². The second-order valence-electron chi connectivity index (χ2n) is 9.65. The third-order valence-electron chi connectivity index (χ3n) is 7.24. The molecule has 3 heterocycles. The summed E-state index contributed by atoms with van der Waals surface area (Å²) in [5.74, 6) is 1.31. The lowest BCUT2D eigenvalue weighted by Gasteiger charge is -2.35. The van der Waals surface area contributed by atoms with Gasteiger partial charge >= 0.3 is 0 Å². The van der Waals surface area contributed by atoms with E-state index < -0.39 is 0 Å². The minimum atomic E-state index is -0.117. The average molecular weight is 499 g/mol. The molecular weight excluding hydrogens is 464 g/mol. The Kier molecular flexibility index (Phi) is 7.10. The molecule has 0 bridgehead atoms. The topological polar surface area (TPSA) is 79.4 Å². The molecular formula is C29H34N6O2. The predicted octanol–water partition coefficient (Wildman–Crippen LogP) is 4.25. The van der Waals surface area contributed by atoms with Crippen molar-refractivity contribution in [3.63, 3.8) is 0 Å². The monoisotopic (exact) mass is 498 g/mol. The quantitative estimate of drug-likeness (QED) is 0.410. The van der Waals surface area contributed by atoms with Gasteiger partial charge in [-0.05, 0) is 57.2 Å². The number of aryl methyl sites for hydroxylation is 3. The minimum absolute atomic E-state index is 0.117. The molecule has 2 aromatic heterocycles. The molecule has 2 aromatic carbocycles. The van der Waals surface area contributed by atoms with Crippen molar-refractivity contribution in [2.75, 3.05) is 31.1 Å². The maximum atomic E-state index is 12.7. The number of anilines is 1. The second kappa shape index (κ2) is 10.6. The van der Waals surface area contributed by atoms with E-state index in [4.69, 9.17) is 9.40 Å². The van der Waals surface area contributed by atoms with Gasteiger partial charge in [-0.25, -0.2) is 4.98 Å². The molecule has 0 radical (unpaired) electrons. The highest BCUT2D eigenvalue weighted by Crippen LogP contribution is 2.24. The number of amides is 1. The smallest absolute Gasteiger partial charge is 0.251 e. The van der Waals surface area contributed by atoms with Gasteiger partial charge in [0.2, 0.25) is 5.89 Å². The van der Waals surface area contributed by atoms with Gasteiger partial charge in [0.25, 0.3) is 5.91 Å². The number of para-hydroxylation sites is 1. The lowest BCUT2D eigenvalue weighted by molar-refractivity contribution is 0.0951. The first-order chi connectivity index (χ1) is 17.9. The van der Waals surface area contributed by atoms with Gasteiger partial charge in [-0.3, -0.25) is 14.4 Å². The number of carbonyl (C=O) groups excluding carboxylic acids is 1. The number of piperazine rings is 1. The van der Waals surface area contributed by atoms with E-state index in [1.807, 2.05) is 56.8 Å². The molecule has 1 N–H and O–H groups in total. The molecule has 0 spiro atoms. The molecule has 4 aromatic rings. The normalized spacial score (nSPS) is 14.2. The Bertz CT molecular complexity index is 1370. The highest BCUT2D eigenvalue weighted by Gasteiger charge is 2.20. The summed E-state index contributed by atoms with van der Waals surface area (Å²) in [6, 6.07) is 18.0. The van der Waals surface area contributed by atoms with Crippen molar-refractivity contribution in [3.05, 3.63) is 88.6 Å². The zero-order valence-electron chi connectivity index (χ0n) is 22.0. The molecule has 1 aliphatic rings. The first-order valence-corrected chi connectivity index (χ1v) is 12.8. The third-order valence-corrected chi connectivity index (χ3v) is 7.24. The largest absolute Gasteiger partial charge is 0.441 e. The van der Waals surface area contributed by atoms with Gasteiger partial charge in [0.05, 0.1) is 11.4 Å². The van der Waals surface area contributed by atoms with E-state index in [0.717, 1.165) is 66.7 Å². The Morgan fingerprint density at radius 3 is 2.32 bits per heavy atom. The first kappa shape index (κ1) is 24.8. The molecule has 192 valence electrons. The number of hydrogen-bond donors (Lipinski definition) is 1. The Morgan fingerprint density at radius 2 is 1.68 bits per heavy atom. The van der Waals surface area contributed by atoms with E-state index in [-0.39, 0.29) is 5.91 Å². The number of carbonyl (C=O) groups is 1. The molecule has 1 amide bonds. The first-order valence-electron chi connectivity index (χ1n) is 12.8. The van der Waals surface area contributed by atoms with Crippen molar-refractivity contribution in [2.24, 2.45) is 7.05 Å². The molecule has 1 aliphatic heterocycles. The van der Waals surface area contributed by atoms with Crippen LogP contribution in [0.3, 0.4) is 0 Å². The highest BCUT2D eigenvalue weighted by atomic mass is 16.4. The summed E-state index contributed by atoms with van der Waals surface area (Å²) in [6.07, 6.45) is 0. The van der Waals surface area contributed by atoms with Crippen LogP contribution in [0.25, 0.3) is 11.5 Å². The fourth-order valence-electron chi connectivity index (χ4n) is 4.82. The van der Waals surface area contributed by atoms with E-state index in [1.54, 1.807) is 0 Å². The van der Waals surface area contributed by atoms with E-state index in [9.17, 15) is 4.79 Å². The Labute approximate surface area is 217 Å². The number of nitrogens with zero attached hydrogens (tertiary/aromatic N) is 5. The summed E-state index contributed by atoms with van der Waals surface area (Å²) in [7, 11) is 1.91. The van der Waals surface area contributed by atoms with Crippen LogP contribution in [-0.2, 0) is 20.1 Å². The van der Waals surface area contributed by atoms with Crippen LogP contribution < -0.4 is 10.2 Å². The molecule has 0 atom stereocenters. The van der Waals surface area contributed by atoms with Gasteiger partial charge in [-0.15, -0.1) is 0 Å². The summed E-state index contributed by atoms with van der Waals surface area (Å²) >= 11 is 0. The van der Waals surface area contributed by atoms with Gasteiger partial charge in [0, 0.05) is 74.4 Å². The third kappa shape index (κ3) is 5.44. The number of hydrogen-bond acceptors (Lipinski definition) is 6. The summed E-state index contributed by atoms with van der Waals surface area (Å²) in [5, 5.41) is 7.41. The van der Waals surface area contributed by atoms with Crippen molar-refractivity contribution in [1.82, 2.24) is 25.0 Å². The molecule has 5 rings (SSSR count). The van der Waals surface area contributed by atoms with Gasteiger partial charge < -0.3 is 14.6 Å².